The molecule has 0 aromatic carbocycles. The van der Waals surface area contributed by atoms with E-state index >= 15 is 0 Å². The zero-order valence-electron chi connectivity index (χ0n) is 8.96. The highest BCUT2D eigenvalue weighted by Gasteiger charge is 2.39. The van der Waals surface area contributed by atoms with Crippen molar-refractivity contribution in [1.82, 2.24) is 4.90 Å². The molecule has 1 aliphatic heterocycles. The Labute approximate surface area is 102 Å². The summed E-state index contributed by atoms with van der Waals surface area (Å²) < 4.78 is 0. The fourth-order valence-electron chi connectivity index (χ4n) is 1.88. The van der Waals surface area contributed by atoms with Crippen molar-refractivity contribution in [3.05, 3.63) is 22.4 Å². The molecule has 0 spiro atoms. The van der Waals surface area contributed by atoms with Gasteiger partial charge in [0.1, 0.15) is 6.54 Å². The Morgan fingerprint density at radius 3 is 2.88 bits per heavy atom. The Bertz CT molecular complexity index is 454. The first-order chi connectivity index (χ1) is 8.08. The molecule has 2 rings (SSSR count). The van der Waals surface area contributed by atoms with E-state index in [0.29, 0.717) is 6.42 Å². The standard InChI is InChI=1S/C11H11NO4S/c13-9-5-7(4-8-2-1-3-17-8)11(16)12(9)6-10(14)15/h1-3,7H,4-6H2,(H,14,15). The fraction of sp³-hybridized carbons (Fsp3) is 0.364. The summed E-state index contributed by atoms with van der Waals surface area (Å²) in [6.45, 7) is -0.529. The van der Waals surface area contributed by atoms with Gasteiger partial charge in [-0.15, -0.1) is 11.3 Å². The van der Waals surface area contributed by atoms with Gasteiger partial charge in [-0.05, 0) is 17.9 Å². The number of rotatable bonds is 4. The van der Waals surface area contributed by atoms with Gasteiger partial charge in [-0.1, -0.05) is 6.07 Å². The van der Waals surface area contributed by atoms with Crippen molar-refractivity contribution in [3.8, 4) is 0 Å². The van der Waals surface area contributed by atoms with E-state index in [1.54, 1.807) is 0 Å². The molecule has 0 bridgehead atoms. The summed E-state index contributed by atoms with van der Waals surface area (Å²) in [7, 11) is 0. The number of likely N-dealkylation sites (tertiary alicyclic amines) is 1. The van der Waals surface area contributed by atoms with Crippen molar-refractivity contribution in [2.45, 2.75) is 12.8 Å². The van der Waals surface area contributed by atoms with E-state index in [1.165, 1.54) is 11.3 Å². The average Bonchev–Trinajstić information content (AvgIpc) is 2.83. The van der Waals surface area contributed by atoms with Crippen molar-refractivity contribution >= 4 is 29.1 Å². The number of carboxylic acid groups (broad SMARTS) is 1. The van der Waals surface area contributed by atoms with Crippen LogP contribution in [-0.2, 0) is 20.8 Å². The van der Waals surface area contributed by atoms with E-state index in [-0.39, 0.29) is 18.2 Å². The predicted molar refractivity (Wildman–Crippen MR) is 60.5 cm³/mol. The van der Waals surface area contributed by atoms with Gasteiger partial charge < -0.3 is 5.11 Å². The number of amides is 2. The molecule has 1 fully saturated rings. The maximum atomic E-state index is 11.8. The number of nitrogens with zero attached hydrogens (tertiary/aromatic N) is 1. The Morgan fingerprint density at radius 1 is 1.53 bits per heavy atom. The van der Waals surface area contributed by atoms with Crippen LogP contribution in [0.5, 0.6) is 0 Å². The first-order valence-electron chi connectivity index (χ1n) is 5.16. The first kappa shape index (κ1) is 11.8. The molecule has 90 valence electrons. The van der Waals surface area contributed by atoms with Crippen LogP contribution in [0.1, 0.15) is 11.3 Å². The van der Waals surface area contributed by atoms with Crippen LogP contribution in [0.2, 0.25) is 0 Å². The van der Waals surface area contributed by atoms with Crippen LogP contribution in [0, 0.1) is 5.92 Å². The Morgan fingerprint density at radius 2 is 2.29 bits per heavy atom. The molecule has 0 saturated carbocycles. The largest absolute Gasteiger partial charge is 0.480 e. The van der Waals surface area contributed by atoms with Gasteiger partial charge in [-0.25, -0.2) is 0 Å². The minimum absolute atomic E-state index is 0.115. The molecule has 6 heteroatoms. The highest BCUT2D eigenvalue weighted by molar-refractivity contribution is 7.09. The normalized spacial score (nSPS) is 20.0. The molecule has 1 aromatic heterocycles. The number of imide groups is 1. The fourth-order valence-corrected chi connectivity index (χ4v) is 2.67. The summed E-state index contributed by atoms with van der Waals surface area (Å²) >= 11 is 1.53. The first-order valence-corrected chi connectivity index (χ1v) is 6.04. The second-order valence-corrected chi connectivity index (χ2v) is 4.93. The minimum atomic E-state index is -1.16. The van der Waals surface area contributed by atoms with Gasteiger partial charge in [0.2, 0.25) is 11.8 Å². The van der Waals surface area contributed by atoms with Crippen molar-refractivity contribution in [1.29, 1.82) is 0 Å². The summed E-state index contributed by atoms with van der Waals surface area (Å²) in [6.07, 6.45) is 0.627. The molecule has 1 atom stereocenters. The van der Waals surface area contributed by atoms with Gasteiger partial charge in [-0.2, -0.15) is 0 Å². The number of hydrogen-bond donors (Lipinski definition) is 1. The maximum absolute atomic E-state index is 11.8. The average molecular weight is 253 g/mol. The lowest BCUT2D eigenvalue weighted by atomic mass is 10.0. The van der Waals surface area contributed by atoms with E-state index < -0.39 is 18.4 Å². The molecule has 2 amide bonds. The van der Waals surface area contributed by atoms with Gasteiger partial charge in [0.25, 0.3) is 0 Å². The minimum Gasteiger partial charge on any atom is -0.480 e. The van der Waals surface area contributed by atoms with Gasteiger partial charge >= 0.3 is 5.97 Å². The van der Waals surface area contributed by atoms with Crippen molar-refractivity contribution < 1.29 is 19.5 Å². The summed E-state index contributed by atoms with van der Waals surface area (Å²) in [4.78, 5) is 35.7. The molecule has 5 nitrogen and oxygen atoms in total. The van der Waals surface area contributed by atoms with Crippen LogP contribution in [0.15, 0.2) is 17.5 Å². The van der Waals surface area contributed by atoms with E-state index in [0.717, 1.165) is 9.78 Å². The molecule has 1 unspecified atom stereocenters. The summed E-state index contributed by atoms with van der Waals surface area (Å²) in [6, 6.07) is 3.79. The summed E-state index contributed by atoms with van der Waals surface area (Å²) in [5.74, 6) is -2.33. The Balaban J connectivity index is 2.05. The SMILES string of the molecule is O=C(O)CN1C(=O)CC(Cc2cccs2)C1=O. The van der Waals surface area contributed by atoms with Gasteiger partial charge in [0.15, 0.2) is 0 Å². The second-order valence-electron chi connectivity index (χ2n) is 3.90. The topological polar surface area (TPSA) is 74.7 Å². The van der Waals surface area contributed by atoms with E-state index in [9.17, 15) is 14.4 Å². The Kier molecular flexibility index (Phi) is 3.23. The molecule has 1 saturated heterocycles. The van der Waals surface area contributed by atoms with Gasteiger partial charge in [0, 0.05) is 11.3 Å². The molecule has 0 radical (unpaired) electrons. The Hall–Kier alpha value is -1.69. The molecule has 1 N–H and O–H groups in total. The van der Waals surface area contributed by atoms with Crippen LogP contribution < -0.4 is 0 Å². The number of thiophene rings is 1. The smallest absolute Gasteiger partial charge is 0.323 e. The third-order valence-corrected chi connectivity index (χ3v) is 3.56. The quantitative estimate of drug-likeness (QED) is 0.803. The predicted octanol–water partition coefficient (Wildman–Crippen LogP) is 0.750. The lowest BCUT2D eigenvalue weighted by molar-refractivity contribution is -0.149. The molecule has 0 aliphatic carbocycles. The lowest BCUT2D eigenvalue weighted by Gasteiger charge is -2.11. The number of carbonyl (C=O) groups is 3. The van der Waals surface area contributed by atoms with Crippen molar-refractivity contribution in [2.24, 2.45) is 5.92 Å². The third-order valence-electron chi connectivity index (χ3n) is 2.66. The summed E-state index contributed by atoms with van der Waals surface area (Å²) in [5, 5.41) is 10.5. The zero-order valence-corrected chi connectivity index (χ0v) is 9.77. The van der Waals surface area contributed by atoms with E-state index in [4.69, 9.17) is 5.11 Å². The molecule has 2 heterocycles. The monoisotopic (exact) mass is 253 g/mol. The van der Waals surface area contributed by atoms with Gasteiger partial charge in [0.05, 0.1) is 5.92 Å². The second kappa shape index (κ2) is 4.67. The number of carbonyl (C=O) groups excluding carboxylic acids is 2. The molecular formula is C11H11NO4S. The van der Waals surface area contributed by atoms with Crippen LogP contribution in [-0.4, -0.2) is 34.3 Å². The number of carboxylic acids is 1. The van der Waals surface area contributed by atoms with E-state index in [2.05, 4.69) is 0 Å². The molecule has 17 heavy (non-hydrogen) atoms. The maximum Gasteiger partial charge on any atom is 0.323 e. The van der Waals surface area contributed by atoms with Crippen LogP contribution >= 0.6 is 11.3 Å². The van der Waals surface area contributed by atoms with Crippen molar-refractivity contribution in [2.75, 3.05) is 6.54 Å². The highest BCUT2D eigenvalue weighted by atomic mass is 32.1. The zero-order chi connectivity index (χ0) is 12.4. The van der Waals surface area contributed by atoms with Gasteiger partial charge in [-0.3, -0.25) is 19.3 Å². The molecular weight excluding hydrogens is 242 g/mol. The lowest BCUT2D eigenvalue weighted by Crippen LogP contribution is -2.35. The summed E-state index contributed by atoms with van der Waals surface area (Å²) in [5.41, 5.74) is 0. The number of hydrogen-bond acceptors (Lipinski definition) is 4. The molecule has 1 aliphatic rings. The third kappa shape index (κ3) is 2.52. The van der Waals surface area contributed by atoms with E-state index in [1.807, 2.05) is 17.5 Å². The van der Waals surface area contributed by atoms with Crippen LogP contribution in [0.25, 0.3) is 0 Å². The highest BCUT2D eigenvalue weighted by Crippen LogP contribution is 2.25. The number of aliphatic carboxylic acids is 1. The van der Waals surface area contributed by atoms with Crippen LogP contribution in [0.3, 0.4) is 0 Å². The van der Waals surface area contributed by atoms with Crippen LogP contribution in [0.4, 0.5) is 0 Å². The van der Waals surface area contributed by atoms with Crippen molar-refractivity contribution in [3.63, 3.8) is 0 Å². The molecule has 1 aromatic rings.